The summed E-state index contributed by atoms with van der Waals surface area (Å²) in [5, 5.41) is 21.4. The van der Waals surface area contributed by atoms with Crippen molar-refractivity contribution < 1.29 is 29.0 Å². The summed E-state index contributed by atoms with van der Waals surface area (Å²) in [5.74, 6) is 0.0325. The van der Waals surface area contributed by atoms with Crippen LogP contribution in [0.15, 0.2) is 57.5 Å². The summed E-state index contributed by atoms with van der Waals surface area (Å²) in [6.45, 7) is 3.47. The highest BCUT2D eigenvalue weighted by atomic mass is 32.1. The molecule has 37 heavy (non-hydrogen) atoms. The Balaban J connectivity index is 1.98. The van der Waals surface area contributed by atoms with Gasteiger partial charge in [-0.1, -0.05) is 17.4 Å². The smallest absolute Gasteiger partial charge is 0.338 e. The van der Waals surface area contributed by atoms with Crippen LogP contribution in [0.5, 0.6) is 17.2 Å². The van der Waals surface area contributed by atoms with E-state index in [1.807, 2.05) is 0 Å². The molecule has 0 unspecified atom stereocenters. The fourth-order valence-electron chi connectivity index (χ4n) is 4.04. The van der Waals surface area contributed by atoms with E-state index >= 15 is 0 Å². The fourth-order valence-corrected chi connectivity index (χ4v) is 5.08. The summed E-state index contributed by atoms with van der Waals surface area (Å²) in [7, 11) is 2.98. The van der Waals surface area contributed by atoms with Crippen molar-refractivity contribution in [1.82, 2.24) is 4.57 Å². The number of fused-ring (bicyclic) bond motifs is 1. The van der Waals surface area contributed by atoms with Crippen LogP contribution in [0.25, 0.3) is 6.08 Å². The van der Waals surface area contributed by atoms with Gasteiger partial charge < -0.3 is 19.3 Å². The van der Waals surface area contributed by atoms with E-state index in [1.54, 1.807) is 32.0 Å². The number of nitrogens with zero attached hydrogens (tertiary/aromatic N) is 3. The number of aromatic hydroxyl groups is 1. The van der Waals surface area contributed by atoms with E-state index in [1.165, 1.54) is 43.1 Å². The lowest BCUT2D eigenvalue weighted by Crippen LogP contribution is -2.40. The molecular weight excluding hydrogens is 502 g/mol. The van der Waals surface area contributed by atoms with E-state index in [-0.39, 0.29) is 33.7 Å². The first kappa shape index (κ1) is 25.6. The van der Waals surface area contributed by atoms with E-state index in [0.717, 1.165) is 11.3 Å². The molecule has 2 aromatic carbocycles. The Kier molecular flexibility index (Phi) is 7.11. The summed E-state index contributed by atoms with van der Waals surface area (Å²) in [4.78, 5) is 42.1. The van der Waals surface area contributed by atoms with Crippen molar-refractivity contribution in [3.8, 4) is 17.2 Å². The first-order chi connectivity index (χ1) is 17.7. The maximum absolute atomic E-state index is 13.7. The maximum atomic E-state index is 13.7. The van der Waals surface area contributed by atoms with Crippen LogP contribution < -0.4 is 24.4 Å². The zero-order chi connectivity index (χ0) is 26.9. The standard InChI is InChI=1S/C25H23N3O8S/c1-5-36-24(31)21-13(2)26-25-27(22(21)14-6-9-18(34-3)19(11-14)35-4)23(30)20(37-25)12-15-10-16(28(32)33)7-8-17(15)29/h6-12,22,29H,5H2,1-4H3/b20-12-/t22-/m1/s1. The zero-order valence-corrected chi connectivity index (χ0v) is 21.2. The van der Waals surface area contributed by atoms with Gasteiger partial charge >= 0.3 is 5.97 Å². The number of non-ortho nitro benzene ring substituents is 1. The molecule has 12 heteroatoms. The largest absolute Gasteiger partial charge is 0.507 e. The van der Waals surface area contributed by atoms with Crippen molar-refractivity contribution in [3.63, 3.8) is 0 Å². The summed E-state index contributed by atoms with van der Waals surface area (Å²) < 4.78 is 17.6. The minimum Gasteiger partial charge on any atom is -0.507 e. The highest BCUT2D eigenvalue weighted by Crippen LogP contribution is 2.36. The van der Waals surface area contributed by atoms with Crippen LogP contribution in [0.4, 0.5) is 5.69 Å². The first-order valence-corrected chi connectivity index (χ1v) is 11.9. The number of phenols is 1. The van der Waals surface area contributed by atoms with Gasteiger partial charge in [-0.05, 0) is 43.7 Å². The van der Waals surface area contributed by atoms with Gasteiger partial charge in [-0.25, -0.2) is 9.79 Å². The Morgan fingerprint density at radius 1 is 1.22 bits per heavy atom. The van der Waals surface area contributed by atoms with Crippen LogP contribution in [0.2, 0.25) is 0 Å². The van der Waals surface area contributed by atoms with Gasteiger partial charge in [0.05, 0.1) is 47.6 Å². The molecule has 0 saturated carbocycles. The minimum absolute atomic E-state index is 0.100. The summed E-state index contributed by atoms with van der Waals surface area (Å²) in [6.07, 6.45) is 1.36. The molecule has 0 bridgehead atoms. The van der Waals surface area contributed by atoms with E-state index in [2.05, 4.69) is 4.99 Å². The average molecular weight is 526 g/mol. The number of ether oxygens (including phenoxy) is 3. The quantitative estimate of drug-likeness (QED) is 0.282. The number of benzene rings is 2. The zero-order valence-electron chi connectivity index (χ0n) is 20.4. The van der Waals surface area contributed by atoms with Crippen molar-refractivity contribution in [2.24, 2.45) is 4.99 Å². The first-order valence-electron chi connectivity index (χ1n) is 11.1. The average Bonchev–Trinajstić information content (AvgIpc) is 3.18. The summed E-state index contributed by atoms with van der Waals surface area (Å²) in [6, 6.07) is 7.70. The number of hydrogen-bond donors (Lipinski definition) is 1. The molecule has 0 radical (unpaired) electrons. The lowest BCUT2D eigenvalue weighted by Gasteiger charge is -2.25. The molecule has 2 heterocycles. The molecule has 0 fully saturated rings. The molecule has 0 aliphatic carbocycles. The van der Waals surface area contributed by atoms with Crippen molar-refractivity contribution in [2.75, 3.05) is 20.8 Å². The SMILES string of the molecule is CCOC(=O)C1=C(C)N=c2s/c(=C\c3cc([N+](=O)[O-])ccc3O)c(=O)n2[C@@H]1c1ccc(OC)c(OC)c1. The van der Waals surface area contributed by atoms with E-state index in [9.17, 15) is 24.8 Å². The second-order valence-corrected chi connectivity index (χ2v) is 8.93. The van der Waals surface area contributed by atoms with Gasteiger partial charge in [-0.15, -0.1) is 0 Å². The van der Waals surface area contributed by atoms with Gasteiger partial charge in [-0.2, -0.15) is 0 Å². The normalized spacial score (nSPS) is 15.1. The van der Waals surface area contributed by atoms with Crippen LogP contribution in [-0.2, 0) is 9.53 Å². The topological polar surface area (TPSA) is 142 Å². The number of methoxy groups -OCH3 is 2. The van der Waals surface area contributed by atoms with Gasteiger partial charge in [0, 0.05) is 17.7 Å². The van der Waals surface area contributed by atoms with E-state index < -0.39 is 22.5 Å². The van der Waals surface area contributed by atoms with Crippen LogP contribution in [0.3, 0.4) is 0 Å². The van der Waals surface area contributed by atoms with E-state index in [4.69, 9.17) is 14.2 Å². The minimum atomic E-state index is -0.893. The third-order valence-corrected chi connectivity index (χ3v) is 6.73. The fraction of sp³-hybridized carbons (Fsp3) is 0.240. The maximum Gasteiger partial charge on any atom is 0.338 e. The van der Waals surface area contributed by atoms with Crippen molar-refractivity contribution in [1.29, 1.82) is 0 Å². The van der Waals surface area contributed by atoms with Crippen molar-refractivity contribution in [3.05, 3.63) is 88.6 Å². The molecule has 4 rings (SSSR count). The molecule has 0 amide bonds. The molecule has 3 aromatic rings. The van der Waals surface area contributed by atoms with E-state index in [0.29, 0.717) is 27.6 Å². The number of thiazole rings is 1. The Morgan fingerprint density at radius 3 is 2.59 bits per heavy atom. The molecule has 1 aromatic heterocycles. The van der Waals surface area contributed by atoms with Gasteiger partial charge in [0.2, 0.25) is 0 Å². The lowest BCUT2D eigenvalue weighted by molar-refractivity contribution is -0.384. The highest BCUT2D eigenvalue weighted by Gasteiger charge is 2.34. The lowest BCUT2D eigenvalue weighted by atomic mass is 9.95. The van der Waals surface area contributed by atoms with Gasteiger partial charge in [0.25, 0.3) is 11.2 Å². The molecular formula is C25H23N3O8S. The second kappa shape index (κ2) is 10.3. The molecule has 1 aliphatic rings. The summed E-state index contributed by atoms with van der Waals surface area (Å²) in [5.41, 5.74) is 0.490. The summed E-state index contributed by atoms with van der Waals surface area (Å²) >= 11 is 1.03. The third-order valence-electron chi connectivity index (χ3n) is 5.75. The predicted octanol–water partition coefficient (Wildman–Crippen LogP) is 2.43. The monoisotopic (exact) mass is 525 g/mol. The number of rotatable bonds is 7. The molecule has 192 valence electrons. The highest BCUT2D eigenvalue weighted by molar-refractivity contribution is 7.07. The number of carbonyl (C=O) groups is 1. The number of aromatic nitrogens is 1. The van der Waals surface area contributed by atoms with Crippen LogP contribution in [-0.4, -0.2) is 41.4 Å². The number of nitro benzene ring substituents is 1. The number of nitro groups is 1. The van der Waals surface area contributed by atoms with Gasteiger partial charge in [0.15, 0.2) is 16.3 Å². The molecule has 1 atom stereocenters. The number of carbonyl (C=O) groups excluding carboxylic acids is 1. The Morgan fingerprint density at radius 2 is 1.95 bits per heavy atom. The Hall–Kier alpha value is -4.45. The molecule has 1 aliphatic heterocycles. The van der Waals surface area contributed by atoms with Crippen molar-refractivity contribution in [2.45, 2.75) is 19.9 Å². The van der Waals surface area contributed by atoms with Gasteiger partial charge in [-0.3, -0.25) is 19.5 Å². The Bertz CT molecular complexity index is 1620. The second-order valence-electron chi connectivity index (χ2n) is 7.92. The van der Waals surface area contributed by atoms with Crippen LogP contribution >= 0.6 is 11.3 Å². The van der Waals surface area contributed by atoms with Crippen LogP contribution in [0, 0.1) is 10.1 Å². The predicted molar refractivity (Wildman–Crippen MR) is 135 cm³/mol. The number of hydrogen-bond acceptors (Lipinski definition) is 10. The van der Waals surface area contributed by atoms with Crippen molar-refractivity contribution >= 4 is 29.1 Å². The molecule has 1 N–H and O–H groups in total. The Labute approximate surface area is 214 Å². The molecule has 0 spiro atoms. The van der Waals surface area contributed by atoms with Gasteiger partial charge in [0.1, 0.15) is 5.75 Å². The number of phenolic OH excluding ortho intramolecular Hbond substituents is 1. The number of esters is 1. The molecule has 11 nitrogen and oxygen atoms in total. The number of allylic oxidation sites excluding steroid dienone is 1. The van der Waals surface area contributed by atoms with Crippen LogP contribution in [0.1, 0.15) is 31.0 Å². The third kappa shape index (κ3) is 4.70. The molecule has 0 saturated heterocycles.